The van der Waals surface area contributed by atoms with Crippen molar-refractivity contribution in [2.24, 2.45) is 7.05 Å². The molecule has 4 nitrogen and oxygen atoms in total. The van der Waals surface area contributed by atoms with Crippen LogP contribution in [0.1, 0.15) is 15.9 Å². The standard InChI is InChI=1S/C14H8ClN3O/c1-18-9-5-4-8(15)10-11(9)13(17-18)12-7(14(10)19)3-2-6-16-12/h2-6H,1H3. The number of aryl methyl sites for hydroxylation is 1. The van der Waals surface area contributed by atoms with Crippen LogP contribution in [0.2, 0.25) is 5.02 Å². The van der Waals surface area contributed by atoms with Gasteiger partial charge in [0, 0.05) is 18.6 Å². The summed E-state index contributed by atoms with van der Waals surface area (Å²) in [5, 5.41) is 5.74. The Morgan fingerprint density at radius 1 is 1.21 bits per heavy atom. The lowest BCUT2D eigenvalue weighted by Crippen LogP contribution is -2.10. The summed E-state index contributed by atoms with van der Waals surface area (Å²) in [5.41, 5.74) is 3.34. The summed E-state index contributed by atoms with van der Waals surface area (Å²) in [6.07, 6.45) is 1.67. The van der Waals surface area contributed by atoms with Crippen LogP contribution in [0, 0.1) is 0 Å². The molecule has 0 N–H and O–H groups in total. The van der Waals surface area contributed by atoms with E-state index < -0.39 is 0 Å². The molecule has 0 radical (unpaired) electrons. The number of hydrogen-bond acceptors (Lipinski definition) is 3. The van der Waals surface area contributed by atoms with Gasteiger partial charge in [-0.3, -0.25) is 14.5 Å². The summed E-state index contributed by atoms with van der Waals surface area (Å²) in [6.45, 7) is 0. The van der Waals surface area contributed by atoms with Gasteiger partial charge in [0.15, 0.2) is 5.78 Å². The smallest absolute Gasteiger partial charge is 0.197 e. The fourth-order valence-electron chi connectivity index (χ4n) is 2.63. The molecule has 0 atom stereocenters. The number of carbonyl (C=O) groups is 1. The second kappa shape index (κ2) is 3.42. The summed E-state index contributed by atoms with van der Waals surface area (Å²) in [4.78, 5) is 16.9. The van der Waals surface area contributed by atoms with Crippen LogP contribution >= 0.6 is 11.6 Å². The summed E-state index contributed by atoms with van der Waals surface area (Å²) in [6, 6.07) is 7.12. The molecule has 92 valence electrons. The molecule has 2 heterocycles. The van der Waals surface area contributed by atoms with Crippen molar-refractivity contribution >= 4 is 28.3 Å². The molecular formula is C14H8ClN3O. The molecule has 0 bridgehead atoms. The van der Waals surface area contributed by atoms with Gasteiger partial charge in [-0.05, 0) is 24.3 Å². The molecule has 3 aromatic rings. The van der Waals surface area contributed by atoms with E-state index in [4.69, 9.17) is 11.6 Å². The van der Waals surface area contributed by atoms with Crippen LogP contribution < -0.4 is 0 Å². The zero-order chi connectivity index (χ0) is 13.1. The maximum Gasteiger partial charge on any atom is 0.197 e. The third kappa shape index (κ3) is 1.21. The normalized spacial score (nSPS) is 12.8. The van der Waals surface area contributed by atoms with Gasteiger partial charge < -0.3 is 0 Å². The van der Waals surface area contributed by atoms with Crippen molar-refractivity contribution < 1.29 is 4.79 Å². The average Bonchev–Trinajstić information content (AvgIpc) is 2.75. The van der Waals surface area contributed by atoms with E-state index >= 15 is 0 Å². The van der Waals surface area contributed by atoms with Gasteiger partial charge in [0.1, 0.15) is 11.4 Å². The number of hydrogen-bond donors (Lipinski definition) is 0. The minimum absolute atomic E-state index is 0.0841. The van der Waals surface area contributed by atoms with E-state index in [0.29, 0.717) is 21.8 Å². The van der Waals surface area contributed by atoms with E-state index in [9.17, 15) is 4.79 Å². The third-order valence-electron chi connectivity index (χ3n) is 3.47. The second-order valence-electron chi connectivity index (χ2n) is 4.52. The molecule has 4 rings (SSSR count). The Labute approximate surface area is 113 Å². The molecule has 19 heavy (non-hydrogen) atoms. The van der Waals surface area contributed by atoms with Gasteiger partial charge in [-0.25, -0.2) is 0 Å². The number of benzene rings is 1. The number of nitrogens with zero attached hydrogens (tertiary/aromatic N) is 3. The fourth-order valence-corrected chi connectivity index (χ4v) is 2.87. The first-order chi connectivity index (χ1) is 9.18. The monoisotopic (exact) mass is 269 g/mol. The van der Waals surface area contributed by atoms with Gasteiger partial charge in [-0.2, -0.15) is 5.10 Å². The van der Waals surface area contributed by atoms with Crippen LogP contribution in [-0.4, -0.2) is 20.5 Å². The van der Waals surface area contributed by atoms with E-state index in [1.807, 2.05) is 13.1 Å². The highest BCUT2D eigenvalue weighted by atomic mass is 35.5. The molecule has 0 saturated heterocycles. The number of ketones is 1. The van der Waals surface area contributed by atoms with Crippen molar-refractivity contribution in [2.75, 3.05) is 0 Å². The van der Waals surface area contributed by atoms with Crippen LogP contribution in [0.3, 0.4) is 0 Å². The first-order valence-corrected chi connectivity index (χ1v) is 6.21. The van der Waals surface area contributed by atoms with Crippen LogP contribution in [-0.2, 0) is 7.05 Å². The third-order valence-corrected chi connectivity index (χ3v) is 3.79. The first-order valence-electron chi connectivity index (χ1n) is 5.84. The molecule has 1 aliphatic rings. The maximum atomic E-state index is 12.6. The molecule has 0 unspecified atom stereocenters. The quantitative estimate of drug-likeness (QED) is 0.493. The zero-order valence-corrected chi connectivity index (χ0v) is 10.8. The van der Waals surface area contributed by atoms with Gasteiger partial charge in [0.25, 0.3) is 0 Å². The van der Waals surface area contributed by atoms with Gasteiger partial charge in [0.2, 0.25) is 0 Å². The lowest BCUT2D eigenvalue weighted by molar-refractivity contribution is 0.104. The number of pyridine rings is 1. The van der Waals surface area contributed by atoms with Crippen molar-refractivity contribution in [3.63, 3.8) is 0 Å². The topological polar surface area (TPSA) is 47.8 Å². The Kier molecular flexibility index (Phi) is 1.93. The summed E-state index contributed by atoms with van der Waals surface area (Å²) >= 11 is 6.20. The summed E-state index contributed by atoms with van der Waals surface area (Å²) < 4.78 is 1.75. The van der Waals surface area contributed by atoms with Crippen molar-refractivity contribution in [1.29, 1.82) is 0 Å². The number of rotatable bonds is 0. The highest BCUT2D eigenvalue weighted by Crippen LogP contribution is 2.40. The predicted octanol–water partition coefficient (Wildman–Crippen LogP) is 2.83. The van der Waals surface area contributed by atoms with Crippen molar-refractivity contribution in [3.8, 4) is 11.4 Å². The number of aromatic nitrogens is 3. The number of fused-ring (bicyclic) bond motifs is 2. The van der Waals surface area contributed by atoms with Crippen LogP contribution in [0.4, 0.5) is 0 Å². The van der Waals surface area contributed by atoms with E-state index in [0.717, 1.165) is 16.6 Å². The Morgan fingerprint density at radius 2 is 2.05 bits per heavy atom. The number of carbonyl (C=O) groups excluding carboxylic acids is 1. The van der Waals surface area contributed by atoms with Crippen LogP contribution in [0.5, 0.6) is 0 Å². The molecular weight excluding hydrogens is 262 g/mol. The molecule has 2 aromatic heterocycles. The molecule has 0 spiro atoms. The highest BCUT2D eigenvalue weighted by molar-refractivity contribution is 6.39. The second-order valence-corrected chi connectivity index (χ2v) is 4.92. The van der Waals surface area contributed by atoms with Gasteiger partial charge in [-0.1, -0.05) is 11.6 Å². The Morgan fingerprint density at radius 3 is 2.89 bits per heavy atom. The Hall–Kier alpha value is -2.20. The average molecular weight is 270 g/mol. The molecule has 1 aromatic carbocycles. The summed E-state index contributed by atoms with van der Waals surface area (Å²) in [7, 11) is 1.85. The molecule has 0 amide bonds. The molecule has 0 saturated carbocycles. The van der Waals surface area contributed by atoms with Gasteiger partial charge in [0.05, 0.1) is 21.7 Å². The minimum Gasteiger partial charge on any atom is -0.288 e. The number of halogens is 1. The maximum absolute atomic E-state index is 12.6. The Balaban J connectivity index is 2.30. The lowest BCUT2D eigenvalue weighted by atomic mass is 9.90. The van der Waals surface area contributed by atoms with E-state index in [2.05, 4.69) is 10.1 Å². The fraction of sp³-hybridized carbons (Fsp3) is 0.0714. The van der Waals surface area contributed by atoms with Gasteiger partial charge in [-0.15, -0.1) is 0 Å². The van der Waals surface area contributed by atoms with Crippen molar-refractivity contribution in [3.05, 3.63) is 46.6 Å². The van der Waals surface area contributed by atoms with E-state index in [1.54, 1.807) is 29.1 Å². The highest BCUT2D eigenvalue weighted by Gasteiger charge is 2.30. The SMILES string of the molecule is Cn1nc2c3c(c(Cl)ccc31)C(=O)c1cccnc1-2. The predicted molar refractivity (Wildman–Crippen MR) is 72.4 cm³/mol. The van der Waals surface area contributed by atoms with E-state index in [1.165, 1.54) is 0 Å². The minimum atomic E-state index is -0.0841. The Bertz CT molecular complexity index is 866. The zero-order valence-electron chi connectivity index (χ0n) is 10.0. The lowest BCUT2D eigenvalue weighted by Gasteiger charge is -2.14. The first kappa shape index (κ1) is 10.7. The molecule has 1 aliphatic carbocycles. The van der Waals surface area contributed by atoms with Crippen molar-refractivity contribution in [2.45, 2.75) is 0 Å². The van der Waals surface area contributed by atoms with Gasteiger partial charge >= 0.3 is 0 Å². The molecule has 5 heteroatoms. The molecule has 0 fully saturated rings. The summed E-state index contributed by atoms with van der Waals surface area (Å²) in [5.74, 6) is -0.0841. The van der Waals surface area contributed by atoms with E-state index in [-0.39, 0.29) is 5.78 Å². The largest absolute Gasteiger partial charge is 0.288 e. The molecule has 0 aliphatic heterocycles. The van der Waals surface area contributed by atoms with Crippen LogP contribution in [0.15, 0.2) is 30.5 Å². The van der Waals surface area contributed by atoms with Crippen LogP contribution in [0.25, 0.3) is 22.3 Å². The van der Waals surface area contributed by atoms with Crippen molar-refractivity contribution in [1.82, 2.24) is 14.8 Å².